The first-order valence-corrected chi connectivity index (χ1v) is 7.41. The lowest BCUT2D eigenvalue weighted by atomic mass is 10.1. The zero-order chi connectivity index (χ0) is 15.2. The molecule has 0 unspecified atom stereocenters. The van der Waals surface area contributed by atoms with Crippen molar-refractivity contribution in [3.63, 3.8) is 0 Å². The molecule has 0 heterocycles. The number of nitrogens with one attached hydrogen (secondary N) is 1. The standard InChI is InChI=1S/C16H22N2O3/c1-18(14-4-2-3-5-14)16(21)17-11-10-12-6-8-13(9-7-12)15(19)20/h6-9,14H,2-5,10-11H2,1H3,(H,17,21)(H,19,20). The highest BCUT2D eigenvalue weighted by Gasteiger charge is 2.22. The predicted molar refractivity (Wildman–Crippen MR) is 80.5 cm³/mol. The van der Waals surface area contributed by atoms with Crippen molar-refractivity contribution in [2.75, 3.05) is 13.6 Å². The van der Waals surface area contributed by atoms with Gasteiger partial charge in [0.15, 0.2) is 0 Å². The van der Waals surface area contributed by atoms with Gasteiger partial charge >= 0.3 is 12.0 Å². The van der Waals surface area contributed by atoms with Crippen LogP contribution in [0.2, 0.25) is 0 Å². The molecule has 1 aliphatic rings. The third kappa shape index (κ3) is 4.21. The highest BCUT2D eigenvalue weighted by Crippen LogP contribution is 2.22. The van der Waals surface area contributed by atoms with E-state index in [2.05, 4.69) is 5.32 Å². The number of benzene rings is 1. The average Bonchev–Trinajstić information content (AvgIpc) is 3.01. The van der Waals surface area contributed by atoms with Gasteiger partial charge in [0.05, 0.1) is 5.56 Å². The van der Waals surface area contributed by atoms with Crippen LogP contribution in [0.1, 0.15) is 41.6 Å². The van der Waals surface area contributed by atoms with Gasteiger partial charge in [0.2, 0.25) is 0 Å². The maximum Gasteiger partial charge on any atom is 0.335 e. The minimum absolute atomic E-state index is 0.0240. The van der Waals surface area contributed by atoms with E-state index in [1.54, 1.807) is 29.2 Å². The molecule has 1 aliphatic carbocycles. The van der Waals surface area contributed by atoms with E-state index < -0.39 is 5.97 Å². The van der Waals surface area contributed by atoms with E-state index in [0.717, 1.165) is 18.4 Å². The van der Waals surface area contributed by atoms with E-state index in [1.165, 1.54) is 12.8 Å². The monoisotopic (exact) mass is 290 g/mol. The van der Waals surface area contributed by atoms with Gasteiger partial charge < -0.3 is 15.3 Å². The second-order valence-electron chi connectivity index (χ2n) is 5.53. The summed E-state index contributed by atoms with van der Waals surface area (Å²) in [6, 6.07) is 7.10. The number of carbonyl (C=O) groups excluding carboxylic acids is 1. The lowest BCUT2D eigenvalue weighted by Crippen LogP contribution is -2.43. The maximum absolute atomic E-state index is 12.0. The molecule has 0 spiro atoms. The fourth-order valence-electron chi connectivity index (χ4n) is 2.71. The van der Waals surface area contributed by atoms with Crippen molar-refractivity contribution in [2.45, 2.75) is 38.1 Å². The Morgan fingerprint density at radius 3 is 2.43 bits per heavy atom. The van der Waals surface area contributed by atoms with Gasteiger partial charge in [-0.05, 0) is 37.0 Å². The van der Waals surface area contributed by atoms with Gasteiger partial charge in [-0.1, -0.05) is 25.0 Å². The Labute approximate surface area is 125 Å². The third-order valence-electron chi connectivity index (χ3n) is 4.08. The zero-order valence-electron chi connectivity index (χ0n) is 12.3. The van der Waals surface area contributed by atoms with Crippen molar-refractivity contribution in [1.82, 2.24) is 10.2 Å². The summed E-state index contributed by atoms with van der Waals surface area (Å²) >= 11 is 0. The first-order valence-electron chi connectivity index (χ1n) is 7.41. The van der Waals surface area contributed by atoms with Crippen LogP contribution in [0.4, 0.5) is 4.79 Å². The number of urea groups is 1. The molecular weight excluding hydrogens is 268 g/mol. The number of nitrogens with zero attached hydrogens (tertiary/aromatic N) is 1. The van der Waals surface area contributed by atoms with Crippen molar-refractivity contribution in [1.29, 1.82) is 0 Å². The molecule has 0 aromatic heterocycles. The molecule has 1 aromatic rings. The van der Waals surface area contributed by atoms with E-state index in [9.17, 15) is 9.59 Å². The molecular formula is C16H22N2O3. The Morgan fingerprint density at radius 2 is 1.86 bits per heavy atom. The molecule has 0 radical (unpaired) electrons. The Morgan fingerprint density at radius 1 is 1.24 bits per heavy atom. The molecule has 0 aliphatic heterocycles. The molecule has 5 heteroatoms. The van der Waals surface area contributed by atoms with Gasteiger partial charge in [0.25, 0.3) is 0 Å². The first kappa shape index (κ1) is 15.4. The minimum atomic E-state index is -0.923. The van der Waals surface area contributed by atoms with Crippen LogP contribution in [-0.4, -0.2) is 41.6 Å². The summed E-state index contributed by atoms with van der Waals surface area (Å²) in [6.07, 6.45) is 5.31. The molecule has 2 N–H and O–H groups in total. The molecule has 2 rings (SSSR count). The molecule has 2 amide bonds. The summed E-state index contributed by atoms with van der Waals surface area (Å²) in [5.74, 6) is -0.923. The van der Waals surface area contributed by atoms with Gasteiger partial charge in [-0.3, -0.25) is 0 Å². The number of hydrogen-bond acceptors (Lipinski definition) is 2. The number of hydrogen-bond donors (Lipinski definition) is 2. The zero-order valence-corrected chi connectivity index (χ0v) is 12.3. The number of rotatable bonds is 5. The molecule has 1 saturated carbocycles. The number of amides is 2. The fourth-order valence-corrected chi connectivity index (χ4v) is 2.71. The number of aromatic carboxylic acids is 1. The first-order chi connectivity index (χ1) is 10.1. The topological polar surface area (TPSA) is 69.6 Å². The van der Waals surface area contributed by atoms with Crippen LogP contribution in [0.25, 0.3) is 0 Å². The van der Waals surface area contributed by atoms with Crippen LogP contribution in [0.15, 0.2) is 24.3 Å². The summed E-state index contributed by atoms with van der Waals surface area (Å²) < 4.78 is 0. The van der Waals surface area contributed by atoms with Gasteiger partial charge in [-0.25, -0.2) is 9.59 Å². The molecule has 1 fully saturated rings. The largest absolute Gasteiger partial charge is 0.478 e. The fraction of sp³-hybridized carbons (Fsp3) is 0.500. The van der Waals surface area contributed by atoms with E-state index in [0.29, 0.717) is 19.0 Å². The minimum Gasteiger partial charge on any atom is -0.478 e. The number of carboxylic acid groups (broad SMARTS) is 1. The number of carbonyl (C=O) groups is 2. The van der Waals surface area contributed by atoms with E-state index in [1.807, 2.05) is 7.05 Å². The van der Waals surface area contributed by atoms with Crippen molar-refractivity contribution >= 4 is 12.0 Å². The van der Waals surface area contributed by atoms with Crippen LogP contribution in [0, 0.1) is 0 Å². The van der Waals surface area contributed by atoms with Crippen molar-refractivity contribution in [2.24, 2.45) is 0 Å². The van der Waals surface area contributed by atoms with Crippen LogP contribution in [0.3, 0.4) is 0 Å². The van der Waals surface area contributed by atoms with Gasteiger partial charge in [-0.15, -0.1) is 0 Å². The van der Waals surface area contributed by atoms with Crippen molar-refractivity contribution in [3.8, 4) is 0 Å². The van der Waals surface area contributed by atoms with Crippen molar-refractivity contribution < 1.29 is 14.7 Å². The average molecular weight is 290 g/mol. The molecule has 0 atom stereocenters. The molecule has 114 valence electrons. The highest BCUT2D eigenvalue weighted by molar-refractivity contribution is 5.87. The van der Waals surface area contributed by atoms with Gasteiger partial charge in [0.1, 0.15) is 0 Å². The van der Waals surface area contributed by atoms with Crippen LogP contribution < -0.4 is 5.32 Å². The van der Waals surface area contributed by atoms with Crippen molar-refractivity contribution in [3.05, 3.63) is 35.4 Å². The molecule has 0 saturated heterocycles. The molecule has 21 heavy (non-hydrogen) atoms. The van der Waals surface area contributed by atoms with Gasteiger partial charge in [-0.2, -0.15) is 0 Å². The Kier molecular flexibility index (Phi) is 5.20. The Balaban J connectivity index is 1.75. The van der Waals surface area contributed by atoms with Crippen LogP contribution >= 0.6 is 0 Å². The lowest BCUT2D eigenvalue weighted by molar-refractivity contribution is 0.0697. The van der Waals surface area contributed by atoms with Crippen LogP contribution in [0.5, 0.6) is 0 Å². The SMILES string of the molecule is CN(C(=O)NCCc1ccc(C(=O)O)cc1)C1CCCC1. The summed E-state index contributed by atoms with van der Waals surface area (Å²) in [4.78, 5) is 24.6. The Hall–Kier alpha value is -2.04. The number of carboxylic acids is 1. The molecule has 1 aromatic carbocycles. The summed E-state index contributed by atoms with van der Waals surface area (Å²) in [5.41, 5.74) is 1.30. The van der Waals surface area contributed by atoms with E-state index >= 15 is 0 Å². The lowest BCUT2D eigenvalue weighted by Gasteiger charge is -2.24. The summed E-state index contributed by atoms with van der Waals surface area (Å²) in [7, 11) is 1.85. The summed E-state index contributed by atoms with van der Waals surface area (Å²) in [5, 5.41) is 11.7. The van der Waals surface area contributed by atoms with Gasteiger partial charge in [0, 0.05) is 19.6 Å². The summed E-state index contributed by atoms with van der Waals surface area (Å²) in [6.45, 7) is 0.558. The third-order valence-corrected chi connectivity index (χ3v) is 4.08. The predicted octanol–water partition coefficient (Wildman–Crippen LogP) is 2.51. The van der Waals surface area contributed by atoms with E-state index in [4.69, 9.17) is 5.11 Å². The normalized spacial score (nSPS) is 14.9. The second kappa shape index (κ2) is 7.11. The molecule has 5 nitrogen and oxygen atoms in total. The van der Waals surface area contributed by atoms with E-state index in [-0.39, 0.29) is 11.6 Å². The highest BCUT2D eigenvalue weighted by atomic mass is 16.4. The Bertz CT molecular complexity index is 493. The quantitative estimate of drug-likeness (QED) is 0.875. The van der Waals surface area contributed by atoms with Crippen LogP contribution in [-0.2, 0) is 6.42 Å². The maximum atomic E-state index is 12.0. The molecule has 0 bridgehead atoms. The smallest absolute Gasteiger partial charge is 0.335 e. The second-order valence-corrected chi connectivity index (χ2v) is 5.53.